The topological polar surface area (TPSA) is 42.0 Å². The third kappa shape index (κ3) is 3.63. The van der Waals surface area contributed by atoms with E-state index in [2.05, 4.69) is 33.2 Å². The lowest BCUT2D eigenvalue weighted by Gasteiger charge is -2.11. The van der Waals surface area contributed by atoms with Crippen LogP contribution in [0.15, 0.2) is 22.9 Å². The van der Waals surface area contributed by atoms with Gasteiger partial charge in [0, 0.05) is 12.1 Å². The van der Waals surface area contributed by atoms with Crippen LogP contribution in [0.3, 0.4) is 0 Å². The minimum Gasteiger partial charge on any atom is -0.324 e. The zero-order valence-electron chi connectivity index (χ0n) is 8.96. The van der Waals surface area contributed by atoms with Crippen molar-refractivity contribution >= 4 is 27.5 Å². The molecule has 0 aliphatic carbocycles. The van der Waals surface area contributed by atoms with Crippen LogP contribution in [0.25, 0.3) is 0 Å². The number of amides is 1. The van der Waals surface area contributed by atoms with Crippen molar-refractivity contribution in [2.24, 2.45) is 5.92 Å². The number of anilines is 1. The fourth-order valence-electron chi connectivity index (χ4n) is 1.30. The number of rotatable bonds is 4. The van der Waals surface area contributed by atoms with Gasteiger partial charge in [0.1, 0.15) is 4.60 Å². The average Bonchev–Trinajstić information content (AvgIpc) is 2.21. The largest absolute Gasteiger partial charge is 0.324 e. The highest BCUT2D eigenvalue weighted by molar-refractivity contribution is 9.10. The van der Waals surface area contributed by atoms with Gasteiger partial charge >= 0.3 is 0 Å². The van der Waals surface area contributed by atoms with Gasteiger partial charge in [-0.15, -0.1) is 0 Å². The van der Waals surface area contributed by atoms with Crippen molar-refractivity contribution < 1.29 is 4.79 Å². The first kappa shape index (κ1) is 12.2. The fourth-order valence-corrected chi connectivity index (χ4v) is 1.65. The molecule has 0 bridgehead atoms. The third-order valence-corrected chi connectivity index (χ3v) is 2.82. The van der Waals surface area contributed by atoms with Crippen LogP contribution in [0.5, 0.6) is 0 Å². The van der Waals surface area contributed by atoms with Gasteiger partial charge in [0.2, 0.25) is 5.91 Å². The number of carbonyl (C=O) groups excluding carboxylic acids is 1. The standard InChI is InChI=1S/C11H15BrN2O/c1-3-5-8(2)11(15)14-9-6-4-7-13-10(9)12/h4,6-8H,3,5H2,1-2H3,(H,14,15). The minimum absolute atomic E-state index is 0.0436. The van der Waals surface area contributed by atoms with Gasteiger partial charge in [-0.25, -0.2) is 4.98 Å². The van der Waals surface area contributed by atoms with Gasteiger partial charge < -0.3 is 5.32 Å². The van der Waals surface area contributed by atoms with Crippen LogP contribution in [-0.4, -0.2) is 10.9 Å². The van der Waals surface area contributed by atoms with E-state index in [4.69, 9.17) is 0 Å². The highest BCUT2D eigenvalue weighted by Crippen LogP contribution is 2.19. The number of carbonyl (C=O) groups is 1. The second-order valence-corrected chi connectivity index (χ2v) is 4.27. The van der Waals surface area contributed by atoms with Crippen LogP contribution in [0, 0.1) is 5.92 Å². The zero-order valence-corrected chi connectivity index (χ0v) is 10.5. The predicted octanol–water partition coefficient (Wildman–Crippen LogP) is 3.22. The van der Waals surface area contributed by atoms with E-state index in [0.717, 1.165) is 18.5 Å². The highest BCUT2D eigenvalue weighted by Gasteiger charge is 2.12. The normalized spacial score (nSPS) is 12.2. The van der Waals surface area contributed by atoms with E-state index < -0.39 is 0 Å². The molecule has 1 heterocycles. The molecule has 0 aromatic carbocycles. The van der Waals surface area contributed by atoms with Crippen molar-refractivity contribution in [2.75, 3.05) is 5.32 Å². The van der Waals surface area contributed by atoms with E-state index >= 15 is 0 Å². The maximum atomic E-state index is 11.7. The quantitative estimate of drug-likeness (QED) is 0.854. The Morgan fingerprint density at radius 3 is 3.00 bits per heavy atom. The molecule has 0 aliphatic heterocycles. The van der Waals surface area contributed by atoms with Crippen molar-refractivity contribution in [1.82, 2.24) is 4.98 Å². The molecule has 1 N–H and O–H groups in total. The van der Waals surface area contributed by atoms with Gasteiger partial charge in [0.15, 0.2) is 0 Å². The summed E-state index contributed by atoms with van der Waals surface area (Å²) < 4.78 is 0.669. The Hall–Kier alpha value is -0.900. The van der Waals surface area contributed by atoms with Crippen LogP contribution in [0.2, 0.25) is 0 Å². The first-order valence-electron chi connectivity index (χ1n) is 5.06. The molecule has 1 atom stereocenters. The van der Waals surface area contributed by atoms with E-state index in [1.165, 1.54) is 0 Å². The van der Waals surface area contributed by atoms with Crippen molar-refractivity contribution in [3.63, 3.8) is 0 Å². The summed E-state index contributed by atoms with van der Waals surface area (Å²) in [5, 5.41) is 2.85. The summed E-state index contributed by atoms with van der Waals surface area (Å²) in [6, 6.07) is 3.62. The zero-order chi connectivity index (χ0) is 11.3. The van der Waals surface area contributed by atoms with E-state index in [-0.39, 0.29) is 11.8 Å². The third-order valence-electron chi connectivity index (χ3n) is 2.19. The first-order chi connectivity index (χ1) is 7.15. The maximum Gasteiger partial charge on any atom is 0.227 e. The summed E-state index contributed by atoms with van der Waals surface area (Å²) in [6.07, 6.45) is 3.60. The maximum absolute atomic E-state index is 11.7. The predicted molar refractivity (Wildman–Crippen MR) is 64.6 cm³/mol. The van der Waals surface area contributed by atoms with Crippen LogP contribution in [-0.2, 0) is 4.79 Å². The van der Waals surface area contributed by atoms with Crippen LogP contribution < -0.4 is 5.32 Å². The molecule has 1 amide bonds. The average molecular weight is 271 g/mol. The Kier molecular flexibility index (Phi) is 4.75. The van der Waals surface area contributed by atoms with Crippen LogP contribution >= 0.6 is 15.9 Å². The van der Waals surface area contributed by atoms with Gasteiger partial charge in [-0.2, -0.15) is 0 Å². The second-order valence-electron chi connectivity index (χ2n) is 3.52. The number of pyridine rings is 1. The second kappa shape index (κ2) is 5.85. The van der Waals surface area contributed by atoms with Gasteiger partial charge in [0.25, 0.3) is 0 Å². The van der Waals surface area contributed by atoms with Crippen molar-refractivity contribution in [1.29, 1.82) is 0 Å². The number of halogens is 1. The molecule has 0 saturated heterocycles. The number of aromatic nitrogens is 1. The van der Waals surface area contributed by atoms with Gasteiger partial charge in [-0.3, -0.25) is 4.79 Å². The van der Waals surface area contributed by atoms with Crippen LogP contribution in [0.4, 0.5) is 5.69 Å². The van der Waals surface area contributed by atoms with Crippen molar-refractivity contribution in [2.45, 2.75) is 26.7 Å². The molecule has 3 nitrogen and oxygen atoms in total. The summed E-state index contributed by atoms with van der Waals surface area (Å²) >= 11 is 3.29. The molecule has 1 aromatic heterocycles. The summed E-state index contributed by atoms with van der Waals surface area (Å²) in [7, 11) is 0. The summed E-state index contributed by atoms with van der Waals surface area (Å²) in [4.78, 5) is 15.7. The van der Waals surface area contributed by atoms with Crippen LogP contribution in [0.1, 0.15) is 26.7 Å². The molecule has 0 radical (unpaired) electrons. The molecule has 82 valence electrons. The molecule has 1 rings (SSSR count). The molecule has 1 unspecified atom stereocenters. The molecule has 0 spiro atoms. The lowest BCUT2D eigenvalue weighted by molar-refractivity contribution is -0.119. The van der Waals surface area contributed by atoms with E-state index in [1.54, 1.807) is 12.3 Å². The van der Waals surface area contributed by atoms with Gasteiger partial charge in [-0.1, -0.05) is 20.3 Å². The Morgan fingerprint density at radius 1 is 1.67 bits per heavy atom. The molecule has 4 heteroatoms. The molecule has 1 aromatic rings. The van der Waals surface area contributed by atoms with Gasteiger partial charge in [-0.05, 0) is 34.5 Å². The molecule has 0 fully saturated rings. The molecular formula is C11H15BrN2O. The smallest absolute Gasteiger partial charge is 0.227 e. The summed E-state index contributed by atoms with van der Waals surface area (Å²) in [5.41, 5.74) is 0.727. The monoisotopic (exact) mass is 270 g/mol. The van der Waals surface area contributed by atoms with Crippen molar-refractivity contribution in [3.05, 3.63) is 22.9 Å². The lowest BCUT2D eigenvalue weighted by Crippen LogP contribution is -2.20. The Balaban J connectivity index is 2.62. The van der Waals surface area contributed by atoms with Gasteiger partial charge in [0.05, 0.1) is 5.69 Å². The number of hydrogen-bond acceptors (Lipinski definition) is 2. The molecule has 0 aliphatic rings. The number of hydrogen-bond donors (Lipinski definition) is 1. The molecule has 0 saturated carbocycles. The Morgan fingerprint density at radius 2 is 2.40 bits per heavy atom. The van der Waals surface area contributed by atoms with E-state index in [1.807, 2.05) is 13.0 Å². The fraction of sp³-hybridized carbons (Fsp3) is 0.455. The SMILES string of the molecule is CCCC(C)C(=O)Nc1cccnc1Br. The van der Waals surface area contributed by atoms with Crippen molar-refractivity contribution in [3.8, 4) is 0 Å². The Bertz CT molecular complexity index is 341. The lowest BCUT2D eigenvalue weighted by atomic mass is 10.1. The first-order valence-corrected chi connectivity index (χ1v) is 5.85. The molecular weight excluding hydrogens is 256 g/mol. The number of nitrogens with zero attached hydrogens (tertiary/aromatic N) is 1. The Labute approximate surface area is 98.4 Å². The highest BCUT2D eigenvalue weighted by atomic mass is 79.9. The number of nitrogens with one attached hydrogen (secondary N) is 1. The summed E-state index contributed by atoms with van der Waals surface area (Å²) in [5.74, 6) is 0.0904. The van der Waals surface area contributed by atoms with E-state index in [9.17, 15) is 4.79 Å². The molecule has 15 heavy (non-hydrogen) atoms. The minimum atomic E-state index is 0.0436. The summed E-state index contributed by atoms with van der Waals surface area (Å²) in [6.45, 7) is 4.01. The van der Waals surface area contributed by atoms with E-state index in [0.29, 0.717) is 4.60 Å².